The molecule has 1 unspecified atom stereocenters. The normalized spacial score (nSPS) is 11.9. The molecular weight excluding hydrogens is 318 g/mol. The zero-order chi connectivity index (χ0) is 18.9. The number of carbonyl (C=O) groups is 1. The molecule has 0 aromatic heterocycles. The van der Waals surface area contributed by atoms with E-state index in [2.05, 4.69) is 16.9 Å². The van der Waals surface area contributed by atoms with E-state index in [4.69, 9.17) is 10.8 Å². The highest BCUT2D eigenvalue weighted by Gasteiger charge is 2.12. The maximum absolute atomic E-state index is 10.0. The quantitative estimate of drug-likeness (QED) is 0.788. The van der Waals surface area contributed by atoms with Crippen LogP contribution in [0.4, 0.5) is 4.79 Å². The molecule has 2 aromatic rings. The summed E-state index contributed by atoms with van der Waals surface area (Å²) in [6.45, 7) is 5.29. The Hall–Kier alpha value is -2.37. The highest BCUT2D eigenvalue weighted by Crippen LogP contribution is 2.22. The molecule has 0 aliphatic heterocycles. The molecule has 0 spiro atoms. The molecule has 5 nitrogen and oxygen atoms in total. The lowest BCUT2D eigenvalue weighted by Gasteiger charge is -2.16. The van der Waals surface area contributed by atoms with Gasteiger partial charge >= 0.3 is 6.09 Å². The number of carbonyl (C=O) groups excluding carboxylic acids is 1. The fourth-order valence-electron chi connectivity index (χ4n) is 2.12. The summed E-state index contributed by atoms with van der Waals surface area (Å²) >= 11 is 0. The van der Waals surface area contributed by atoms with Gasteiger partial charge in [-0.3, -0.25) is 0 Å². The molecule has 0 saturated heterocycles. The van der Waals surface area contributed by atoms with Crippen molar-refractivity contribution in [1.29, 1.82) is 0 Å². The molecule has 0 bridgehead atoms. The third-order valence-corrected chi connectivity index (χ3v) is 3.21. The van der Waals surface area contributed by atoms with Crippen molar-refractivity contribution in [1.82, 2.24) is 0 Å². The van der Waals surface area contributed by atoms with Gasteiger partial charge in [0.1, 0.15) is 5.60 Å². The average Bonchev–Trinajstić information content (AvgIpc) is 2.54. The molecule has 4 N–H and O–H groups in total. The molecule has 1 atom stereocenters. The number of benzene rings is 2. The summed E-state index contributed by atoms with van der Waals surface area (Å²) in [5.41, 5.74) is 7.40. The van der Waals surface area contributed by atoms with Crippen molar-refractivity contribution in [3.63, 3.8) is 0 Å². The maximum Gasteiger partial charge on any atom is 0.405 e. The van der Waals surface area contributed by atoms with Crippen LogP contribution in [0.2, 0.25) is 0 Å². The molecule has 136 valence electrons. The second-order valence-electron chi connectivity index (χ2n) is 6.55. The Kier molecular flexibility index (Phi) is 8.11. The zero-order valence-corrected chi connectivity index (χ0v) is 15.0. The molecule has 1 amide bonds. The monoisotopic (exact) mass is 345 g/mol. The number of rotatable bonds is 4. The molecule has 0 radical (unpaired) electrons. The zero-order valence-electron chi connectivity index (χ0n) is 15.0. The summed E-state index contributed by atoms with van der Waals surface area (Å²) < 4.78 is 4.58. The summed E-state index contributed by atoms with van der Waals surface area (Å²) in [4.78, 5) is 10.0. The van der Waals surface area contributed by atoms with Crippen LogP contribution in [0.5, 0.6) is 0 Å². The number of hydrogen-bond acceptors (Lipinski definition) is 4. The van der Waals surface area contributed by atoms with Gasteiger partial charge < -0.3 is 20.7 Å². The average molecular weight is 345 g/mol. The number of nitrogens with two attached hydrogens (primary N) is 1. The minimum absolute atomic E-state index is 0.00159. The predicted molar refractivity (Wildman–Crippen MR) is 99.0 cm³/mol. The third-order valence-electron chi connectivity index (χ3n) is 3.21. The Morgan fingerprint density at radius 1 is 1.04 bits per heavy atom. The molecule has 25 heavy (non-hydrogen) atoms. The second-order valence-corrected chi connectivity index (χ2v) is 6.55. The summed E-state index contributed by atoms with van der Waals surface area (Å²) in [6.07, 6.45) is -0.924. The first-order valence-electron chi connectivity index (χ1n) is 8.15. The van der Waals surface area contributed by atoms with Crippen LogP contribution in [0.1, 0.15) is 38.9 Å². The Morgan fingerprint density at radius 2 is 1.56 bits per heavy atom. The van der Waals surface area contributed by atoms with E-state index in [1.807, 2.05) is 42.5 Å². The van der Waals surface area contributed by atoms with E-state index in [0.29, 0.717) is 6.42 Å². The molecule has 0 saturated carbocycles. The van der Waals surface area contributed by atoms with Gasteiger partial charge in [-0.05, 0) is 37.5 Å². The fraction of sp³-hybridized carbons (Fsp3) is 0.350. The van der Waals surface area contributed by atoms with Crippen LogP contribution in [0.15, 0.2) is 54.6 Å². The number of amides is 1. The summed E-state index contributed by atoms with van der Waals surface area (Å²) in [5.74, 6) is 0. The highest BCUT2D eigenvalue weighted by atomic mass is 16.6. The van der Waals surface area contributed by atoms with Gasteiger partial charge in [0.05, 0.1) is 6.10 Å². The van der Waals surface area contributed by atoms with Gasteiger partial charge in [-0.2, -0.15) is 0 Å². The minimum atomic E-state index is -0.725. The number of hydrogen-bond donors (Lipinski definition) is 3. The summed E-state index contributed by atoms with van der Waals surface area (Å²) in [6, 6.07) is 17.9. The van der Waals surface area contributed by atoms with E-state index in [0.717, 1.165) is 16.7 Å². The summed E-state index contributed by atoms with van der Waals surface area (Å²) in [7, 11) is 0. The van der Waals surface area contributed by atoms with Gasteiger partial charge in [0.2, 0.25) is 0 Å². The van der Waals surface area contributed by atoms with E-state index < -0.39 is 17.8 Å². The lowest BCUT2D eigenvalue weighted by atomic mass is 10.0. The van der Waals surface area contributed by atoms with Crippen LogP contribution >= 0.6 is 0 Å². The number of aliphatic hydroxyl groups is 2. The Bertz CT molecular complexity index is 633. The Balaban J connectivity index is 0.000000333. The van der Waals surface area contributed by atoms with Crippen LogP contribution in [0.3, 0.4) is 0 Å². The van der Waals surface area contributed by atoms with Gasteiger partial charge in [-0.1, -0.05) is 54.6 Å². The van der Waals surface area contributed by atoms with Crippen LogP contribution in [-0.2, 0) is 4.74 Å². The van der Waals surface area contributed by atoms with Gasteiger partial charge in [0.25, 0.3) is 0 Å². The van der Waals surface area contributed by atoms with Gasteiger partial charge in [-0.15, -0.1) is 0 Å². The smallest absolute Gasteiger partial charge is 0.405 e. The second kappa shape index (κ2) is 9.81. The molecule has 5 heteroatoms. The lowest BCUT2D eigenvalue weighted by molar-refractivity contribution is 0.0600. The van der Waals surface area contributed by atoms with E-state index >= 15 is 0 Å². The van der Waals surface area contributed by atoms with Crippen LogP contribution in [0, 0.1) is 0 Å². The lowest BCUT2D eigenvalue weighted by Crippen LogP contribution is -2.27. The van der Waals surface area contributed by atoms with Crippen molar-refractivity contribution in [2.45, 2.75) is 38.9 Å². The predicted octanol–water partition coefficient (Wildman–Crippen LogP) is 3.65. The largest absolute Gasteiger partial charge is 0.444 e. The van der Waals surface area contributed by atoms with E-state index in [9.17, 15) is 9.90 Å². The van der Waals surface area contributed by atoms with Gasteiger partial charge in [0, 0.05) is 13.0 Å². The van der Waals surface area contributed by atoms with E-state index in [1.165, 1.54) is 0 Å². The highest BCUT2D eigenvalue weighted by molar-refractivity contribution is 5.65. The number of ether oxygens (including phenoxy) is 1. The first kappa shape index (κ1) is 20.7. The van der Waals surface area contributed by atoms with Crippen molar-refractivity contribution < 1.29 is 19.7 Å². The van der Waals surface area contributed by atoms with Crippen molar-refractivity contribution in [3.8, 4) is 11.1 Å². The Morgan fingerprint density at radius 3 is 1.96 bits per heavy atom. The van der Waals surface area contributed by atoms with Crippen molar-refractivity contribution >= 4 is 6.09 Å². The topological polar surface area (TPSA) is 92.8 Å². The van der Waals surface area contributed by atoms with Crippen molar-refractivity contribution in [2.75, 3.05) is 6.61 Å². The summed E-state index contributed by atoms with van der Waals surface area (Å²) in [5, 5.41) is 18.5. The Labute approximate surface area is 149 Å². The van der Waals surface area contributed by atoms with Crippen molar-refractivity contribution in [3.05, 3.63) is 60.2 Å². The van der Waals surface area contributed by atoms with E-state index in [-0.39, 0.29) is 6.61 Å². The first-order valence-corrected chi connectivity index (χ1v) is 8.15. The SMILES string of the molecule is CC(C)(C)OC(N)=O.OCCC(O)c1ccc(-c2ccccc2)cc1. The van der Waals surface area contributed by atoms with Crippen LogP contribution < -0.4 is 5.73 Å². The standard InChI is InChI=1S/C15H16O2.C5H11NO2/c16-11-10-15(17)14-8-6-13(7-9-14)12-4-2-1-3-5-12;1-5(2,3)8-4(6)7/h1-9,15-17H,10-11H2;1-3H3,(H2,6,7). The molecule has 2 aromatic carbocycles. The minimum Gasteiger partial charge on any atom is -0.444 e. The van der Waals surface area contributed by atoms with Crippen molar-refractivity contribution in [2.24, 2.45) is 5.73 Å². The number of primary amides is 1. The number of aliphatic hydroxyl groups excluding tert-OH is 2. The molecule has 0 fully saturated rings. The van der Waals surface area contributed by atoms with E-state index in [1.54, 1.807) is 20.8 Å². The van der Waals surface area contributed by atoms with Crippen LogP contribution in [-0.4, -0.2) is 28.5 Å². The molecular formula is C20H27NO4. The van der Waals surface area contributed by atoms with Gasteiger partial charge in [-0.25, -0.2) is 4.79 Å². The van der Waals surface area contributed by atoms with Crippen LogP contribution in [0.25, 0.3) is 11.1 Å². The molecule has 0 aliphatic carbocycles. The molecule has 2 rings (SSSR count). The first-order chi connectivity index (χ1) is 11.7. The maximum atomic E-state index is 10.0. The third kappa shape index (κ3) is 8.33. The molecule has 0 heterocycles. The fourth-order valence-corrected chi connectivity index (χ4v) is 2.12. The molecule has 0 aliphatic rings. The van der Waals surface area contributed by atoms with Gasteiger partial charge in [0.15, 0.2) is 0 Å².